The molecule has 1 fully saturated rings. The lowest BCUT2D eigenvalue weighted by atomic mass is 10.0. The van der Waals surface area contributed by atoms with Crippen LogP contribution in [0.1, 0.15) is 40.7 Å². The van der Waals surface area contributed by atoms with Crippen LogP contribution in [0.3, 0.4) is 0 Å². The Hall–Kier alpha value is -2.12. The minimum absolute atomic E-state index is 0.0426. The highest BCUT2D eigenvalue weighted by Gasteiger charge is 2.33. The molecule has 0 saturated carbocycles. The standard InChI is InChI=1S/C19H25N3O3S/c1-21(2)15(16-8-5-11-25-16)13-20-18(23)14-7-3-4-10-22(14)19(24)17-9-6-12-26-17/h5-6,8-9,11-12,14-15H,3-4,7,10,13H2,1-2H3,(H,20,23). The van der Waals surface area contributed by atoms with Gasteiger partial charge in [0.25, 0.3) is 5.91 Å². The highest BCUT2D eigenvalue weighted by atomic mass is 32.1. The number of nitrogens with zero attached hydrogens (tertiary/aromatic N) is 2. The Morgan fingerprint density at radius 2 is 2.19 bits per heavy atom. The van der Waals surface area contributed by atoms with Crippen molar-refractivity contribution < 1.29 is 14.0 Å². The van der Waals surface area contributed by atoms with Gasteiger partial charge in [0.15, 0.2) is 0 Å². The molecule has 0 radical (unpaired) electrons. The van der Waals surface area contributed by atoms with Gasteiger partial charge in [0.05, 0.1) is 17.2 Å². The van der Waals surface area contributed by atoms with Gasteiger partial charge in [-0.15, -0.1) is 11.3 Å². The Morgan fingerprint density at radius 1 is 1.35 bits per heavy atom. The zero-order valence-electron chi connectivity index (χ0n) is 15.2. The van der Waals surface area contributed by atoms with Crippen LogP contribution in [0.4, 0.5) is 0 Å². The quantitative estimate of drug-likeness (QED) is 0.843. The van der Waals surface area contributed by atoms with Crippen molar-refractivity contribution in [1.82, 2.24) is 15.1 Å². The van der Waals surface area contributed by atoms with Gasteiger partial charge in [-0.2, -0.15) is 0 Å². The second-order valence-corrected chi connectivity index (χ2v) is 7.68. The summed E-state index contributed by atoms with van der Waals surface area (Å²) in [7, 11) is 3.90. The van der Waals surface area contributed by atoms with Crippen LogP contribution in [0.5, 0.6) is 0 Å². The maximum absolute atomic E-state index is 12.8. The molecular formula is C19H25N3O3S. The fraction of sp³-hybridized carbons (Fsp3) is 0.474. The number of carbonyl (C=O) groups excluding carboxylic acids is 2. The molecule has 2 aromatic rings. The SMILES string of the molecule is CN(C)C(CNC(=O)C1CCCCN1C(=O)c1cccs1)c1ccco1. The summed E-state index contributed by atoms with van der Waals surface area (Å²) in [6.07, 6.45) is 4.24. The molecule has 1 aliphatic heterocycles. The van der Waals surface area contributed by atoms with Crippen molar-refractivity contribution in [1.29, 1.82) is 0 Å². The molecule has 0 aliphatic carbocycles. The fourth-order valence-corrected chi connectivity index (χ4v) is 4.00. The molecule has 0 bridgehead atoms. The second-order valence-electron chi connectivity index (χ2n) is 6.73. The summed E-state index contributed by atoms with van der Waals surface area (Å²) in [5, 5.41) is 4.91. The van der Waals surface area contributed by atoms with Gasteiger partial charge in [0.2, 0.25) is 5.91 Å². The number of hydrogen-bond acceptors (Lipinski definition) is 5. The zero-order chi connectivity index (χ0) is 18.5. The second kappa shape index (κ2) is 8.51. The lowest BCUT2D eigenvalue weighted by Gasteiger charge is -2.35. The summed E-state index contributed by atoms with van der Waals surface area (Å²) >= 11 is 1.42. The summed E-state index contributed by atoms with van der Waals surface area (Å²) in [4.78, 5) is 30.0. The van der Waals surface area contributed by atoms with E-state index in [9.17, 15) is 9.59 Å². The van der Waals surface area contributed by atoms with E-state index in [1.54, 1.807) is 11.2 Å². The van der Waals surface area contributed by atoms with Crippen LogP contribution in [-0.4, -0.2) is 54.8 Å². The summed E-state index contributed by atoms with van der Waals surface area (Å²) in [6, 6.07) is 6.98. The topological polar surface area (TPSA) is 65.8 Å². The average Bonchev–Trinajstić information content (AvgIpc) is 3.35. The molecule has 26 heavy (non-hydrogen) atoms. The van der Waals surface area contributed by atoms with Crippen molar-refractivity contribution in [3.05, 3.63) is 46.5 Å². The third kappa shape index (κ3) is 4.16. The van der Waals surface area contributed by atoms with Crippen molar-refractivity contribution in [2.24, 2.45) is 0 Å². The lowest BCUT2D eigenvalue weighted by Crippen LogP contribution is -2.52. The first-order valence-corrected chi connectivity index (χ1v) is 9.78. The van der Waals surface area contributed by atoms with Crippen molar-refractivity contribution in [2.45, 2.75) is 31.3 Å². The third-order valence-corrected chi connectivity index (χ3v) is 5.62. The summed E-state index contributed by atoms with van der Waals surface area (Å²) in [5.74, 6) is 0.675. The van der Waals surface area contributed by atoms with E-state index >= 15 is 0 Å². The van der Waals surface area contributed by atoms with E-state index in [1.807, 2.05) is 48.6 Å². The maximum Gasteiger partial charge on any atom is 0.264 e. The smallest absolute Gasteiger partial charge is 0.264 e. The number of likely N-dealkylation sites (tertiary alicyclic amines) is 1. The first-order valence-electron chi connectivity index (χ1n) is 8.90. The molecule has 7 heteroatoms. The molecule has 1 aliphatic rings. The Labute approximate surface area is 157 Å². The van der Waals surface area contributed by atoms with E-state index in [2.05, 4.69) is 5.32 Å². The predicted octanol–water partition coefficient (Wildman–Crippen LogP) is 2.75. The van der Waals surface area contributed by atoms with Crippen molar-refractivity contribution in [3.63, 3.8) is 0 Å². The number of piperidine rings is 1. The van der Waals surface area contributed by atoms with Gasteiger partial charge in [-0.25, -0.2) is 0 Å². The van der Waals surface area contributed by atoms with Crippen molar-refractivity contribution in [3.8, 4) is 0 Å². The molecule has 2 unspecified atom stereocenters. The molecule has 0 aromatic carbocycles. The molecule has 1 N–H and O–H groups in total. The highest BCUT2D eigenvalue weighted by molar-refractivity contribution is 7.12. The normalized spacial score (nSPS) is 18.7. The number of likely N-dealkylation sites (N-methyl/N-ethyl adjacent to an activating group) is 1. The lowest BCUT2D eigenvalue weighted by molar-refractivity contribution is -0.126. The molecule has 3 heterocycles. The minimum atomic E-state index is -0.405. The summed E-state index contributed by atoms with van der Waals surface area (Å²) in [5.41, 5.74) is 0. The molecule has 2 amide bonds. The number of amides is 2. The summed E-state index contributed by atoms with van der Waals surface area (Å²) in [6.45, 7) is 1.07. The number of thiophene rings is 1. The van der Waals surface area contributed by atoms with Crippen LogP contribution in [0.25, 0.3) is 0 Å². The molecule has 0 spiro atoms. The minimum Gasteiger partial charge on any atom is -0.468 e. The van der Waals surface area contributed by atoms with Gasteiger partial charge in [-0.1, -0.05) is 6.07 Å². The molecule has 2 aromatic heterocycles. The molecule has 140 valence electrons. The van der Waals surface area contributed by atoms with E-state index in [-0.39, 0.29) is 17.9 Å². The third-order valence-electron chi connectivity index (χ3n) is 4.76. The van der Waals surface area contributed by atoms with Gasteiger partial charge in [0.1, 0.15) is 11.8 Å². The first kappa shape index (κ1) is 18.7. The van der Waals surface area contributed by atoms with E-state index < -0.39 is 6.04 Å². The molecule has 6 nitrogen and oxygen atoms in total. The van der Waals surface area contributed by atoms with Crippen LogP contribution in [0.2, 0.25) is 0 Å². The zero-order valence-corrected chi connectivity index (χ0v) is 16.0. The average molecular weight is 375 g/mol. The van der Waals surface area contributed by atoms with Crippen LogP contribution in [-0.2, 0) is 4.79 Å². The Balaban J connectivity index is 1.66. The first-order chi connectivity index (χ1) is 12.6. The number of furan rings is 1. The van der Waals surface area contributed by atoms with Crippen molar-refractivity contribution >= 4 is 23.2 Å². The largest absolute Gasteiger partial charge is 0.468 e. The van der Waals surface area contributed by atoms with E-state index in [0.717, 1.165) is 18.6 Å². The van der Waals surface area contributed by atoms with Crippen LogP contribution >= 0.6 is 11.3 Å². The Bertz CT molecular complexity index is 712. The highest BCUT2D eigenvalue weighted by Crippen LogP contribution is 2.23. The van der Waals surface area contributed by atoms with Gasteiger partial charge in [-0.3, -0.25) is 14.5 Å². The van der Waals surface area contributed by atoms with E-state index in [1.165, 1.54) is 11.3 Å². The van der Waals surface area contributed by atoms with Gasteiger partial charge in [0, 0.05) is 13.1 Å². The van der Waals surface area contributed by atoms with Crippen molar-refractivity contribution in [2.75, 3.05) is 27.2 Å². The molecule has 1 saturated heterocycles. The van der Waals surface area contributed by atoms with Gasteiger partial charge in [-0.05, 0) is 56.9 Å². The van der Waals surface area contributed by atoms with E-state index in [0.29, 0.717) is 24.4 Å². The number of hydrogen-bond donors (Lipinski definition) is 1. The number of carbonyl (C=O) groups is 2. The molecule has 2 atom stereocenters. The van der Waals surface area contributed by atoms with E-state index in [4.69, 9.17) is 4.42 Å². The maximum atomic E-state index is 12.8. The monoisotopic (exact) mass is 375 g/mol. The Kier molecular flexibility index (Phi) is 6.11. The molecular weight excluding hydrogens is 350 g/mol. The van der Waals surface area contributed by atoms with Crippen LogP contribution < -0.4 is 5.32 Å². The van der Waals surface area contributed by atoms with Gasteiger partial charge < -0.3 is 14.6 Å². The number of rotatable bonds is 6. The Morgan fingerprint density at radius 3 is 2.85 bits per heavy atom. The fourth-order valence-electron chi connectivity index (χ4n) is 3.32. The number of nitrogens with one attached hydrogen (secondary N) is 1. The van der Waals surface area contributed by atoms with Gasteiger partial charge >= 0.3 is 0 Å². The predicted molar refractivity (Wildman–Crippen MR) is 101 cm³/mol. The molecule has 3 rings (SSSR count). The van der Waals surface area contributed by atoms with Crippen LogP contribution in [0, 0.1) is 0 Å². The summed E-state index contributed by atoms with van der Waals surface area (Å²) < 4.78 is 5.49. The van der Waals surface area contributed by atoms with Crippen LogP contribution in [0.15, 0.2) is 40.3 Å².